The molecule has 150 valence electrons. The largest absolute Gasteiger partial charge is 0.491 e. The second-order valence-corrected chi connectivity index (χ2v) is 7.90. The van der Waals surface area contributed by atoms with Crippen molar-refractivity contribution in [2.45, 2.75) is 38.1 Å². The molecule has 2 aromatic carbocycles. The Morgan fingerprint density at radius 2 is 1.93 bits per heavy atom. The Hall–Kier alpha value is -2.18. The van der Waals surface area contributed by atoms with Crippen LogP contribution in [0.15, 0.2) is 47.4 Å². The van der Waals surface area contributed by atoms with Crippen molar-refractivity contribution in [3.63, 3.8) is 0 Å². The smallest absolute Gasteiger partial charge is 0.256 e. The predicted octanol–water partition coefficient (Wildman–Crippen LogP) is 5.00. The normalized spacial score (nSPS) is 10.6. The Morgan fingerprint density at radius 1 is 1.18 bits per heavy atom. The number of carbonyl (C=O) groups is 2. The molecule has 0 atom stereocenters. The highest BCUT2D eigenvalue weighted by Crippen LogP contribution is 2.30. The summed E-state index contributed by atoms with van der Waals surface area (Å²) in [4.78, 5) is 25.5. The van der Waals surface area contributed by atoms with E-state index in [-0.39, 0.29) is 23.6 Å². The monoisotopic (exact) mass is 420 g/mol. The number of ether oxygens (including phenoxy) is 1. The molecule has 0 heterocycles. The van der Waals surface area contributed by atoms with E-state index in [0.717, 1.165) is 11.3 Å². The number of thioether (sulfide) groups is 1. The molecule has 2 aromatic rings. The van der Waals surface area contributed by atoms with Crippen molar-refractivity contribution < 1.29 is 14.3 Å². The Kier molecular flexibility index (Phi) is 8.67. The first-order valence-electron chi connectivity index (χ1n) is 9.15. The summed E-state index contributed by atoms with van der Waals surface area (Å²) in [6.07, 6.45) is 0.855. The maximum absolute atomic E-state index is 12.9. The summed E-state index contributed by atoms with van der Waals surface area (Å²) >= 11 is 7.41. The molecule has 5 nitrogen and oxygen atoms in total. The van der Waals surface area contributed by atoms with Crippen LogP contribution in [0, 0.1) is 0 Å². The van der Waals surface area contributed by atoms with Crippen LogP contribution in [0.5, 0.6) is 5.75 Å². The number of hydrogen-bond donors (Lipinski definition) is 2. The highest BCUT2D eigenvalue weighted by Gasteiger charge is 2.15. The van der Waals surface area contributed by atoms with Crippen molar-refractivity contribution in [3.05, 3.63) is 53.1 Å². The van der Waals surface area contributed by atoms with Crippen LogP contribution in [0.2, 0.25) is 5.02 Å². The first-order valence-corrected chi connectivity index (χ1v) is 10.5. The molecule has 0 bridgehead atoms. The first kappa shape index (κ1) is 22.1. The van der Waals surface area contributed by atoms with Gasteiger partial charge in [-0.2, -0.15) is 0 Å². The number of rotatable bonds is 9. The lowest BCUT2D eigenvalue weighted by molar-refractivity contribution is -0.119. The van der Waals surface area contributed by atoms with Gasteiger partial charge in [-0.15, -0.1) is 11.8 Å². The van der Waals surface area contributed by atoms with Crippen molar-refractivity contribution in [1.82, 2.24) is 5.32 Å². The summed E-state index contributed by atoms with van der Waals surface area (Å²) in [5.74, 6) is 0.460. The fourth-order valence-corrected chi connectivity index (χ4v) is 3.45. The van der Waals surface area contributed by atoms with Gasteiger partial charge in [0, 0.05) is 16.0 Å². The van der Waals surface area contributed by atoms with Gasteiger partial charge in [-0.05, 0) is 50.6 Å². The number of benzene rings is 2. The molecule has 0 spiro atoms. The Morgan fingerprint density at radius 3 is 2.64 bits per heavy atom. The summed E-state index contributed by atoms with van der Waals surface area (Å²) in [7, 11) is 0. The Bertz CT molecular complexity index is 827. The molecule has 2 amide bonds. The maximum Gasteiger partial charge on any atom is 0.256 e. The van der Waals surface area contributed by atoms with Gasteiger partial charge in [0.25, 0.3) is 5.91 Å². The van der Waals surface area contributed by atoms with E-state index in [2.05, 4.69) is 10.6 Å². The van der Waals surface area contributed by atoms with Gasteiger partial charge in [0.15, 0.2) is 0 Å². The average Bonchev–Trinajstić information content (AvgIpc) is 2.65. The van der Waals surface area contributed by atoms with Crippen LogP contribution in [0.25, 0.3) is 0 Å². The molecular formula is C21H25ClN2O3S. The lowest BCUT2D eigenvalue weighted by Crippen LogP contribution is -2.31. The number of amides is 2. The summed E-state index contributed by atoms with van der Waals surface area (Å²) < 4.78 is 5.69. The van der Waals surface area contributed by atoms with Gasteiger partial charge in [0.2, 0.25) is 5.91 Å². The third-order valence-corrected chi connectivity index (χ3v) is 4.90. The van der Waals surface area contributed by atoms with E-state index in [9.17, 15) is 9.59 Å². The minimum atomic E-state index is -0.281. The summed E-state index contributed by atoms with van der Waals surface area (Å²) in [6, 6.07) is 12.4. The van der Waals surface area contributed by atoms with Gasteiger partial charge in [0.1, 0.15) is 5.75 Å². The zero-order valence-electron chi connectivity index (χ0n) is 16.3. The van der Waals surface area contributed by atoms with Crippen LogP contribution in [0.4, 0.5) is 5.69 Å². The molecule has 2 rings (SSSR count). The summed E-state index contributed by atoms with van der Waals surface area (Å²) in [6.45, 7) is 6.37. The van der Waals surface area contributed by atoms with Crippen LogP contribution in [0.3, 0.4) is 0 Å². The summed E-state index contributed by atoms with van der Waals surface area (Å²) in [5, 5.41) is 6.22. The highest BCUT2D eigenvalue weighted by atomic mass is 35.5. The number of nitrogens with one attached hydrogen (secondary N) is 2. The van der Waals surface area contributed by atoms with Gasteiger partial charge >= 0.3 is 0 Å². The van der Waals surface area contributed by atoms with E-state index in [0.29, 0.717) is 28.6 Å². The molecule has 0 aliphatic heterocycles. The minimum absolute atomic E-state index is 0.0692. The van der Waals surface area contributed by atoms with Crippen LogP contribution >= 0.6 is 23.4 Å². The zero-order chi connectivity index (χ0) is 20.5. The van der Waals surface area contributed by atoms with Crippen molar-refractivity contribution in [2.24, 2.45) is 0 Å². The van der Waals surface area contributed by atoms with E-state index >= 15 is 0 Å². The number of hydrogen-bond acceptors (Lipinski definition) is 4. The first-order chi connectivity index (χ1) is 13.4. The van der Waals surface area contributed by atoms with E-state index in [1.807, 2.05) is 32.9 Å². The van der Waals surface area contributed by atoms with Gasteiger partial charge in [-0.1, -0.05) is 30.7 Å². The molecule has 0 aliphatic carbocycles. The van der Waals surface area contributed by atoms with Crippen LogP contribution in [-0.2, 0) is 4.79 Å². The molecule has 0 fully saturated rings. The highest BCUT2D eigenvalue weighted by molar-refractivity contribution is 8.00. The molecule has 0 aromatic heterocycles. The molecule has 28 heavy (non-hydrogen) atoms. The molecule has 2 N–H and O–H groups in total. The van der Waals surface area contributed by atoms with Gasteiger partial charge in [0.05, 0.1) is 23.6 Å². The topological polar surface area (TPSA) is 67.4 Å². The van der Waals surface area contributed by atoms with Crippen LogP contribution in [-0.4, -0.2) is 30.2 Å². The maximum atomic E-state index is 12.9. The quantitative estimate of drug-likeness (QED) is 0.560. The average molecular weight is 421 g/mol. The second kappa shape index (κ2) is 11.0. The third kappa shape index (κ3) is 6.77. The van der Waals surface area contributed by atoms with E-state index in [4.69, 9.17) is 16.3 Å². The van der Waals surface area contributed by atoms with Gasteiger partial charge in [-0.3, -0.25) is 9.59 Å². The zero-order valence-corrected chi connectivity index (χ0v) is 17.8. The van der Waals surface area contributed by atoms with Crippen molar-refractivity contribution in [3.8, 4) is 5.75 Å². The second-order valence-electron chi connectivity index (χ2n) is 6.45. The van der Waals surface area contributed by atoms with E-state index in [1.54, 1.807) is 30.3 Å². The third-order valence-electron chi connectivity index (χ3n) is 3.59. The fraction of sp³-hybridized carbons (Fsp3) is 0.333. The lowest BCUT2D eigenvalue weighted by Gasteiger charge is -2.14. The Labute approximate surface area is 175 Å². The number of carbonyl (C=O) groups excluding carboxylic acids is 2. The summed E-state index contributed by atoms with van der Waals surface area (Å²) in [5.41, 5.74) is 1.01. The Balaban J connectivity index is 2.15. The number of anilines is 1. The SMILES string of the molecule is CCCOc1ccc(Cl)cc1NC(=O)c1ccccc1SCC(=O)NC(C)C. The van der Waals surface area contributed by atoms with Crippen LogP contribution < -0.4 is 15.4 Å². The molecule has 0 aliphatic rings. The molecule has 7 heteroatoms. The number of halogens is 1. The van der Waals surface area contributed by atoms with Crippen molar-refractivity contribution >= 4 is 40.9 Å². The minimum Gasteiger partial charge on any atom is -0.491 e. The van der Waals surface area contributed by atoms with Gasteiger partial charge in [-0.25, -0.2) is 0 Å². The molecule has 0 saturated carbocycles. The molecule has 0 radical (unpaired) electrons. The molecule has 0 unspecified atom stereocenters. The van der Waals surface area contributed by atoms with E-state index < -0.39 is 0 Å². The van der Waals surface area contributed by atoms with E-state index in [1.165, 1.54) is 11.8 Å². The molecule has 0 saturated heterocycles. The van der Waals surface area contributed by atoms with Crippen molar-refractivity contribution in [1.29, 1.82) is 0 Å². The van der Waals surface area contributed by atoms with Gasteiger partial charge < -0.3 is 15.4 Å². The van der Waals surface area contributed by atoms with Crippen molar-refractivity contribution in [2.75, 3.05) is 17.7 Å². The molecular weight excluding hydrogens is 396 g/mol. The predicted molar refractivity (Wildman–Crippen MR) is 116 cm³/mol. The standard InChI is InChI=1S/C21H25ClN2O3S/c1-4-11-27-18-10-9-15(22)12-17(18)24-21(26)16-7-5-6-8-19(16)28-13-20(25)23-14(2)3/h5-10,12,14H,4,11,13H2,1-3H3,(H,23,25)(H,24,26). The fourth-order valence-electron chi connectivity index (χ4n) is 2.41. The van der Waals surface area contributed by atoms with Crippen LogP contribution in [0.1, 0.15) is 37.6 Å². The lowest BCUT2D eigenvalue weighted by atomic mass is 10.2.